The van der Waals surface area contributed by atoms with Crippen molar-refractivity contribution in [2.24, 2.45) is 7.05 Å². The first-order valence-corrected chi connectivity index (χ1v) is 13.0. The van der Waals surface area contributed by atoms with Gasteiger partial charge in [-0.15, -0.1) is 0 Å². The third kappa shape index (κ3) is 4.56. The van der Waals surface area contributed by atoms with E-state index in [-0.39, 0.29) is 17.6 Å². The molecule has 2 aliphatic rings. The molecule has 0 radical (unpaired) electrons. The molecule has 196 valence electrons. The van der Waals surface area contributed by atoms with Gasteiger partial charge in [0.15, 0.2) is 11.3 Å². The van der Waals surface area contributed by atoms with Crippen LogP contribution in [0.15, 0.2) is 48.5 Å². The molecule has 0 bridgehead atoms. The Kier molecular flexibility index (Phi) is 6.41. The van der Waals surface area contributed by atoms with Crippen LogP contribution in [-0.4, -0.2) is 50.2 Å². The van der Waals surface area contributed by atoms with Gasteiger partial charge < -0.3 is 19.7 Å². The Morgan fingerprint density at radius 1 is 1.16 bits per heavy atom. The van der Waals surface area contributed by atoms with Crippen LogP contribution < -0.4 is 10.1 Å². The highest BCUT2D eigenvalue weighted by Gasteiger charge is 2.29. The summed E-state index contributed by atoms with van der Waals surface area (Å²) in [6.07, 6.45) is 1.95. The maximum atomic E-state index is 14.5. The number of aromatic nitrogens is 3. The van der Waals surface area contributed by atoms with Crippen molar-refractivity contribution in [2.45, 2.75) is 31.3 Å². The third-order valence-corrected chi connectivity index (χ3v) is 7.76. The number of rotatable bonds is 5. The molecule has 2 aromatic carbocycles. The molecule has 6 rings (SSSR count). The first-order valence-electron chi connectivity index (χ1n) is 12.6. The smallest absolute Gasteiger partial charge is 0.354 e. The van der Waals surface area contributed by atoms with Crippen LogP contribution >= 0.6 is 11.6 Å². The monoisotopic (exact) mass is 535 g/mol. The number of imidazole rings is 1. The minimum Gasteiger partial charge on any atom is -0.489 e. The summed E-state index contributed by atoms with van der Waals surface area (Å²) in [6, 6.07) is 13.8. The lowest BCUT2D eigenvalue weighted by molar-refractivity contribution is 0.0691. The average molecular weight is 536 g/mol. The number of pyridine rings is 1. The van der Waals surface area contributed by atoms with Gasteiger partial charge in [0.2, 0.25) is 0 Å². The van der Waals surface area contributed by atoms with Crippen LogP contribution in [0.1, 0.15) is 52.2 Å². The molecule has 4 aromatic rings. The standard InChI is InChI=1S/C28H27ClFN5O3/c1-34-25(32-22-7-8-23(28(36)37)33-27(22)34)14-35-11-9-16(10-12-35)18-3-2-4-21-26(18)38-15-24(31-21)19-6-5-17(29)13-20(19)30/h2-8,13,16,24,31H,9-12,14-15H2,1H3,(H,36,37). The van der Waals surface area contributed by atoms with Crippen molar-refractivity contribution in [3.63, 3.8) is 0 Å². The molecule has 2 aliphatic heterocycles. The maximum Gasteiger partial charge on any atom is 0.354 e. The fraction of sp³-hybridized carbons (Fsp3) is 0.321. The van der Waals surface area contributed by atoms with E-state index in [0.717, 1.165) is 43.2 Å². The van der Waals surface area contributed by atoms with Gasteiger partial charge in [-0.1, -0.05) is 29.8 Å². The van der Waals surface area contributed by atoms with E-state index >= 15 is 0 Å². The second-order valence-electron chi connectivity index (χ2n) is 9.88. The lowest BCUT2D eigenvalue weighted by Gasteiger charge is -2.35. The van der Waals surface area contributed by atoms with Crippen LogP contribution in [0.5, 0.6) is 5.75 Å². The summed E-state index contributed by atoms with van der Waals surface area (Å²) in [7, 11) is 1.87. The largest absolute Gasteiger partial charge is 0.489 e. The Morgan fingerprint density at radius 2 is 1.97 bits per heavy atom. The number of benzene rings is 2. The number of aryl methyl sites for hydroxylation is 1. The molecule has 0 saturated carbocycles. The van der Waals surface area contributed by atoms with E-state index in [1.807, 2.05) is 23.7 Å². The normalized spacial score (nSPS) is 18.1. The number of hydrogen-bond donors (Lipinski definition) is 2. The molecule has 2 N–H and O–H groups in total. The zero-order valence-electron chi connectivity index (χ0n) is 20.8. The fourth-order valence-electron chi connectivity index (χ4n) is 5.47. The van der Waals surface area contributed by atoms with Gasteiger partial charge in [-0.05, 0) is 67.7 Å². The molecule has 10 heteroatoms. The van der Waals surface area contributed by atoms with Crippen LogP contribution in [0.4, 0.5) is 10.1 Å². The second-order valence-corrected chi connectivity index (χ2v) is 10.3. The number of nitrogens with zero attached hydrogens (tertiary/aromatic N) is 4. The van der Waals surface area contributed by atoms with Gasteiger partial charge in [-0.2, -0.15) is 0 Å². The van der Waals surface area contributed by atoms with Gasteiger partial charge in [0.1, 0.15) is 29.5 Å². The van der Waals surface area contributed by atoms with E-state index < -0.39 is 5.97 Å². The number of piperidine rings is 1. The molecule has 4 heterocycles. The third-order valence-electron chi connectivity index (χ3n) is 7.53. The molecular formula is C28H27ClFN5O3. The highest BCUT2D eigenvalue weighted by molar-refractivity contribution is 6.30. The highest BCUT2D eigenvalue weighted by Crippen LogP contribution is 2.43. The van der Waals surface area contributed by atoms with E-state index in [0.29, 0.717) is 40.8 Å². The number of halogens is 2. The first-order chi connectivity index (χ1) is 18.4. The van der Waals surface area contributed by atoms with Crippen molar-refractivity contribution in [3.8, 4) is 5.75 Å². The summed E-state index contributed by atoms with van der Waals surface area (Å²) < 4.78 is 22.6. The van der Waals surface area contributed by atoms with Crippen molar-refractivity contribution in [1.82, 2.24) is 19.4 Å². The lowest BCUT2D eigenvalue weighted by atomic mass is 9.88. The summed E-state index contributed by atoms with van der Waals surface area (Å²) in [5.41, 5.74) is 3.88. The number of hydrogen-bond acceptors (Lipinski definition) is 6. The number of likely N-dealkylation sites (tertiary alicyclic amines) is 1. The Balaban J connectivity index is 1.13. The van der Waals surface area contributed by atoms with E-state index in [9.17, 15) is 14.3 Å². The summed E-state index contributed by atoms with van der Waals surface area (Å²) in [5.74, 6) is 0.675. The van der Waals surface area contributed by atoms with Crippen LogP contribution in [0.25, 0.3) is 11.2 Å². The molecule has 1 unspecified atom stereocenters. The van der Waals surface area contributed by atoms with Crippen molar-refractivity contribution in [1.29, 1.82) is 0 Å². The number of carbonyl (C=O) groups is 1. The second kappa shape index (κ2) is 9.89. The number of nitrogens with one attached hydrogen (secondary N) is 1. The van der Waals surface area contributed by atoms with Crippen molar-refractivity contribution in [2.75, 3.05) is 25.0 Å². The topological polar surface area (TPSA) is 92.5 Å². The van der Waals surface area contributed by atoms with Gasteiger partial charge in [-0.3, -0.25) is 4.90 Å². The van der Waals surface area contributed by atoms with Gasteiger partial charge in [0, 0.05) is 17.6 Å². The average Bonchev–Trinajstić information content (AvgIpc) is 3.22. The molecule has 1 atom stereocenters. The van der Waals surface area contributed by atoms with Gasteiger partial charge in [0.25, 0.3) is 0 Å². The number of aromatic carboxylic acids is 1. The summed E-state index contributed by atoms with van der Waals surface area (Å²) >= 11 is 5.92. The van der Waals surface area contributed by atoms with Gasteiger partial charge >= 0.3 is 5.97 Å². The van der Waals surface area contributed by atoms with Crippen LogP contribution in [-0.2, 0) is 13.6 Å². The number of fused-ring (bicyclic) bond motifs is 2. The van der Waals surface area contributed by atoms with Crippen molar-refractivity contribution >= 4 is 34.4 Å². The molecular weight excluding hydrogens is 509 g/mol. The van der Waals surface area contributed by atoms with Crippen molar-refractivity contribution < 1.29 is 19.0 Å². The van der Waals surface area contributed by atoms with Gasteiger partial charge in [-0.25, -0.2) is 19.2 Å². The van der Waals surface area contributed by atoms with E-state index in [1.165, 1.54) is 17.7 Å². The lowest BCUT2D eigenvalue weighted by Crippen LogP contribution is -2.33. The Labute approximate surface area is 224 Å². The van der Waals surface area contributed by atoms with E-state index in [4.69, 9.17) is 16.3 Å². The number of carboxylic acids is 1. The summed E-state index contributed by atoms with van der Waals surface area (Å²) in [6.45, 7) is 2.81. The first kappa shape index (κ1) is 24.6. The van der Waals surface area contributed by atoms with Crippen molar-refractivity contribution in [3.05, 3.63) is 82.0 Å². The summed E-state index contributed by atoms with van der Waals surface area (Å²) in [5, 5.41) is 13.1. The number of carboxylic acid groups (broad SMARTS) is 1. The van der Waals surface area contributed by atoms with E-state index in [2.05, 4.69) is 26.3 Å². The van der Waals surface area contributed by atoms with Crippen LogP contribution in [0.3, 0.4) is 0 Å². The van der Waals surface area contributed by atoms with Crippen LogP contribution in [0.2, 0.25) is 5.02 Å². The molecule has 0 spiro atoms. The zero-order chi connectivity index (χ0) is 26.4. The SMILES string of the molecule is Cn1c(CN2CCC(c3cccc4c3OCC(c3ccc(Cl)cc3F)N4)CC2)nc2ccc(C(=O)O)nc21. The van der Waals surface area contributed by atoms with E-state index in [1.54, 1.807) is 18.2 Å². The zero-order valence-corrected chi connectivity index (χ0v) is 21.6. The van der Waals surface area contributed by atoms with Gasteiger partial charge in [0.05, 0.1) is 18.3 Å². The molecule has 0 aliphatic carbocycles. The summed E-state index contributed by atoms with van der Waals surface area (Å²) in [4.78, 5) is 22.6. The Bertz CT molecular complexity index is 1530. The molecule has 8 nitrogen and oxygen atoms in total. The maximum absolute atomic E-state index is 14.5. The molecule has 0 amide bonds. The number of anilines is 1. The number of ether oxygens (including phenoxy) is 1. The number of para-hydroxylation sites is 1. The molecule has 2 aromatic heterocycles. The molecule has 1 fully saturated rings. The predicted octanol–water partition coefficient (Wildman–Crippen LogP) is 5.38. The molecule has 38 heavy (non-hydrogen) atoms. The predicted molar refractivity (Wildman–Crippen MR) is 142 cm³/mol. The fourth-order valence-corrected chi connectivity index (χ4v) is 5.63. The quantitative estimate of drug-likeness (QED) is 0.354. The Hall–Kier alpha value is -3.69. The molecule has 1 saturated heterocycles. The van der Waals surface area contributed by atoms with Crippen LogP contribution in [0, 0.1) is 5.82 Å². The minimum absolute atomic E-state index is 0.0142. The minimum atomic E-state index is -1.05. The highest BCUT2D eigenvalue weighted by atomic mass is 35.5. The Morgan fingerprint density at radius 3 is 2.74 bits per heavy atom.